The third-order valence-corrected chi connectivity index (χ3v) is 4.02. The van der Waals surface area contributed by atoms with Gasteiger partial charge in [0.2, 0.25) is 0 Å². The Kier molecular flexibility index (Phi) is 5.82. The highest BCUT2D eigenvalue weighted by Crippen LogP contribution is 2.26. The van der Waals surface area contributed by atoms with Crippen molar-refractivity contribution < 1.29 is 9.53 Å². The summed E-state index contributed by atoms with van der Waals surface area (Å²) in [5.74, 6) is 0.527. The summed E-state index contributed by atoms with van der Waals surface area (Å²) in [6, 6.07) is 14.9. The van der Waals surface area contributed by atoms with Crippen LogP contribution in [0.1, 0.15) is 13.3 Å². The minimum Gasteiger partial charge on any atom is -0.481 e. The van der Waals surface area contributed by atoms with E-state index in [0.717, 1.165) is 14.6 Å². The van der Waals surface area contributed by atoms with E-state index in [2.05, 4.69) is 37.2 Å². The predicted octanol–water partition coefficient (Wildman–Crippen LogP) is 5.01. The third kappa shape index (κ3) is 4.58. The minimum atomic E-state index is -0.525. The number of para-hydroxylation sites is 1. The van der Waals surface area contributed by atoms with Crippen molar-refractivity contribution in [3.63, 3.8) is 0 Å². The summed E-state index contributed by atoms with van der Waals surface area (Å²) in [6.45, 7) is 1.92. The maximum absolute atomic E-state index is 12.3. The summed E-state index contributed by atoms with van der Waals surface area (Å²) in [4.78, 5) is 12.3. The van der Waals surface area contributed by atoms with E-state index in [9.17, 15) is 4.79 Å². The lowest BCUT2D eigenvalue weighted by atomic mass is 10.2. The summed E-state index contributed by atoms with van der Waals surface area (Å²) < 4.78 is 7.49. The maximum Gasteiger partial charge on any atom is 0.265 e. The number of hydrogen-bond acceptors (Lipinski definition) is 2. The van der Waals surface area contributed by atoms with E-state index in [4.69, 9.17) is 4.74 Å². The van der Waals surface area contributed by atoms with Crippen LogP contribution in [0.5, 0.6) is 5.75 Å². The molecule has 0 radical (unpaired) electrons. The van der Waals surface area contributed by atoms with E-state index in [1.807, 2.05) is 55.5 Å². The average Bonchev–Trinajstić information content (AvgIpc) is 2.48. The number of rotatable bonds is 5. The van der Waals surface area contributed by atoms with Crippen LogP contribution in [0.25, 0.3) is 0 Å². The number of hydrogen-bond donors (Lipinski definition) is 1. The number of anilines is 1. The molecule has 1 N–H and O–H groups in total. The molecule has 110 valence electrons. The zero-order chi connectivity index (χ0) is 15.2. The summed E-state index contributed by atoms with van der Waals surface area (Å²) in [5, 5.41) is 2.88. The number of amides is 1. The fourth-order valence-electron chi connectivity index (χ4n) is 1.79. The zero-order valence-electron chi connectivity index (χ0n) is 11.5. The first-order valence-electron chi connectivity index (χ1n) is 6.57. The Morgan fingerprint density at radius 1 is 1.19 bits per heavy atom. The first-order valence-corrected chi connectivity index (χ1v) is 8.16. The van der Waals surface area contributed by atoms with Crippen LogP contribution in [-0.2, 0) is 4.79 Å². The molecule has 0 saturated heterocycles. The summed E-state index contributed by atoms with van der Waals surface area (Å²) in [5.41, 5.74) is 0.721. The number of benzene rings is 2. The summed E-state index contributed by atoms with van der Waals surface area (Å²) >= 11 is 6.81. The first-order chi connectivity index (χ1) is 10.1. The molecule has 0 aliphatic rings. The number of carbonyl (C=O) groups is 1. The maximum atomic E-state index is 12.3. The number of ether oxygens (including phenoxy) is 1. The van der Waals surface area contributed by atoms with Crippen LogP contribution in [0.15, 0.2) is 57.5 Å². The van der Waals surface area contributed by atoms with Gasteiger partial charge in [-0.25, -0.2) is 0 Å². The molecule has 0 bridgehead atoms. The fraction of sp³-hybridized carbons (Fsp3) is 0.188. The van der Waals surface area contributed by atoms with Gasteiger partial charge in [0.25, 0.3) is 5.91 Å². The molecule has 2 aromatic rings. The van der Waals surface area contributed by atoms with E-state index in [1.165, 1.54) is 0 Å². The molecule has 0 aliphatic carbocycles. The van der Waals surface area contributed by atoms with Gasteiger partial charge in [0.15, 0.2) is 6.10 Å². The highest BCUT2D eigenvalue weighted by Gasteiger charge is 2.19. The molecular weight excluding hydrogens is 398 g/mol. The summed E-state index contributed by atoms with van der Waals surface area (Å²) in [7, 11) is 0. The molecule has 0 saturated carbocycles. The van der Waals surface area contributed by atoms with E-state index >= 15 is 0 Å². The molecule has 3 nitrogen and oxygen atoms in total. The molecule has 2 aromatic carbocycles. The van der Waals surface area contributed by atoms with Crippen molar-refractivity contribution >= 4 is 43.5 Å². The summed E-state index contributed by atoms with van der Waals surface area (Å²) in [6.07, 6.45) is 0.0671. The van der Waals surface area contributed by atoms with E-state index in [1.54, 1.807) is 0 Å². The smallest absolute Gasteiger partial charge is 0.265 e. The third-order valence-electron chi connectivity index (χ3n) is 2.87. The van der Waals surface area contributed by atoms with Crippen LogP contribution < -0.4 is 10.1 Å². The van der Waals surface area contributed by atoms with Crippen LogP contribution in [0.4, 0.5) is 5.69 Å². The Hall–Kier alpha value is -1.33. The van der Waals surface area contributed by atoms with Gasteiger partial charge in [0.1, 0.15) is 5.75 Å². The van der Waals surface area contributed by atoms with Gasteiger partial charge in [-0.3, -0.25) is 4.79 Å². The largest absolute Gasteiger partial charge is 0.481 e. The van der Waals surface area contributed by atoms with Crippen molar-refractivity contribution in [1.29, 1.82) is 0 Å². The van der Waals surface area contributed by atoms with Gasteiger partial charge >= 0.3 is 0 Å². The van der Waals surface area contributed by atoms with Crippen molar-refractivity contribution in [3.05, 3.63) is 57.5 Å². The molecular formula is C16H15Br2NO2. The van der Waals surface area contributed by atoms with Gasteiger partial charge in [-0.05, 0) is 52.7 Å². The van der Waals surface area contributed by atoms with Crippen molar-refractivity contribution in [2.75, 3.05) is 5.32 Å². The normalized spacial score (nSPS) is 11.8. The van der Waals surface area contributed by atoms with Gasteiger partial charge in [0.05, 0.1) is 5.69 Å². The molecule has 2 rings (SSSR count). The van der Waals surface area contributed by atoms with Crippen molar-refractivity contribution in [3.8, 4) is 5.75 Å². The predicted molar refractivity (Wildman–Crippen MR) is 91.6 cm³/mol. The highest BCUT2D eigenvalue weighted by atomic mass is 79.9. The standard InChI is InChI=1S/C16H15Br2NO2/c1-2-15(21-12-6-4-3-5-7-12)16(20)19-14-9-8-11(17)10-13(14)18/h3-10,15H,2H2,1H3,(H,19,20). The van der Waals surface area contributed by atoms with Gasteiger partial charge in [-0.15, -0.1) is 0 Å². The van der Waals surface area contributed by atoms with E-state index in [-0.39, 0.29) is 5.91 Å². The van der Waals surface area contributed by atoms with E-state index in [0.29, 0.717) is 12.2 Å². The van der Waals surface area contributed by atoms with Crippen LogP contribution in [0, 0.1) is 0 Å². The number of halogens is 2. The average molecular weight is 413 g/mol. The van der Waals surface area contributed by atoms with Crippen LogP contribution in [-0.4, -0.2) is 12.0 Å². The van der Waals surface area contributed by atoms with Crippen LogP contribution >= 0.6 is 31.9 Å². The van der Waals surface area contributed by atoms with Gasteiger partial charge < -0.3 is 10.1 Å². The van der Waals surface area contributed by atoms with Gasteiger partial charge in [-0.2, -0.15) is 0 Å². The first kappa shape index (κ1) is 16.0. The lowest BCUT2D eigenvalue weighted by Gasteiger charge is -2.17. The zero-order valence-corrected chi connectivity index (χ0v) is 14.6. The second-order valence-electron chi connectivity index (χ2n) is 4.44. The van der Waals surface area contributed by atoms with Crippen LogP contribution in [0.2, 0.25) is 0 Å². The van der Waals surface area contributed by atoms with Crippen molar-refractivity contribution in [2.45, 2.75) is 19.4 Å². The lowest BCUT2D eigenvalue weighted by Crippen LogP contribution is -2.32. The lowest BCUT2D eigenvalue weighted by molar-refractivity contribution is -0.122. The van der Waals surface area contributed by atoms with Crippen molar-refractivity contribution in [2.24, 2.45) is 0 Å². The topological polar surface area (TPSA) is 38.3 Å². The SMILES string of the molecule is CCC(Oc1ccccc1)C(=O)Nc1ccc(Br)cc1Br. The minimum absolute atomic E-state index is 0.163. The van der Waals surface area contributed by atoms with Gasteiger partial charge in [-0.1, -0.05) is 41.1 Å². The molecule has 0 aromatic heterocycles. The molecule has 21 heavy (non-hydrogen) atoms. The number of nitrogens with one attached hydrogen (secondary N) is 1. The van der Waals surface area contributed by atoms with E-state index < -0.39 is 6.10 Å². The number of carbonyl (C=O) groups excluding carboxylic acids is 1. The Bertz CT molecular complexity index is 617. The molecule has 0 fully saturated rings. The Balaban J connectivity index is 2.06. The Morgan fingerprint density at radius 2 is 1.90 bits per heavy atom. The molecule has 1 unspecified atom stereocenters. The van der Waals surface area contributed by atoms with Crippen molar-refractivity contribution in [1.82, 2.24) is 0 Å². The molecule has 0 spiro atoms. The quantitative estimate of drug-likeness (QED) is 0.749. The molecule has 1 atom stereocenters. The Morgan fingerprint density at radius 3 is 2.52 bits per heavy atom. The second kappa shape index (κ2) is 7.61. The fourth-order valence-corrected chi connectivity index (χ4v) is 2.94. The van der Waals surface area contributed by atoms with Crippen LogP contribution in [0.3, 0.4) is 0 Å². The highest BCUT2D eigenvalue weighted by molar-refractivity contribution is 9.11. The second-order valence-corrected chi connectivity index (χ2v) is 6.21. The molecule has 0 heterocycles. The Labute approximate surface area is 141 Å². The molecule has 5 heteroatoms. The molecule has 0 aliphatic heterocycles. The molecule has 1 amide bonds. The monoisotopic (exact) mass is 411 g/mol. The van der Waals surface area contributed by atoms with Gasteiger partial charge in [0, 0.05) is 8.95 Å².